The predicted octanol–water partition coefficient (Wildman–Crippen LogP) is 0.305. The van der Waals surface area contributed by atoms with Crippen LogP contribution >= 0.6 is 0 Å². The Hall–Kier alpha value is -1.52. The van der Waals surface area contributed by atoms with Crippen molar-refractivity contribution in [3.63, 3.8) is 0 Å². The highest BCUT2D eigenvalue weighted by molar-refractivity contribution is 5.22. The topological polar surface area (TPSA) is 86.2 Å². The van der Waals surface area contributed by atoms with E-state index in [9.17, 15) is 4.79 Å². The molecule has 1 aromatic heterocycles. The maximum atomic E-state index is 10.7. The summed E-state index contributed by atoms with van der Waals surface area (Å²) in [7, 11) is 0. The molecular formula is C7H10N2O3. The summed E-state index contributed by atoms with van der Waals surface area (Å²) in [5.41, 5.74) is -0.496. The highest BCUT2D eigenvalue weighted by Crippen LogP contribution is 2.19. The fraction of sp³-hybridized carbons (Fsp3) is 0.429. The molecule has 12 heavy (non-hydrogen) atoms. The van der Waals surface area contributed by atoms with Crippen LogP contribution in [0.3, 0.4) is 0 Å². The fourth-order valence-corrected chi connectivity index (χ4v) is 0.848. The van der Waals surface area contributed by atoms with E-state index < -0.39 is 11.4 Å². The molecule has 5 heteroatoms. The third-order valence-electron chi connectivity index (χ3n) is 1.45. The van der Waals surface area contributed by atoms with Gasteiger partial charge in [-0.2, -0.15) is 0 Å². The molecule has 0 fully saturated rings. The van der Waals surface area contributed by atoms with E-state index in [0.717, 1.165) is 0 Å². The van der Waals surface area contributed by atoms with Crippen molar-refractivity contribution in [3.05, 3.63) is 16.0 Å². The van der Waals surface area contributed by atoms with E-state index in [1.165, 1.54) is 0 Å². The smallest absolute Gasteiger partial charge is 0.313 e. The predicted molar refractivity (Wildman–Crippen MR) is 42.3 cm³/mol. The number of nitrogens with zero attached hydrogens (tertiary/aromatic N) is 1. The zero-order chi connectivity index (χ0) is 9.30. The van der Waals surface area contributed by atoms with Crippen LogP contribution in [-0.2, 0) is 0 Å². The molecule has 66 valence electrons. The lowest BCUT2D eigenvalue weighted by Crippen LogP contribution is -2.09. The molecule has 0 radical (unpaired) electrons. The average molecular weight is 170 g/mol. The second-order valence-corrected chi connectivity index (χ2v) is 2.78. The summed E-state index contributed by atoms with van der Waals surface area (Å²) in [5.74, 6) is -0.947. The molecule has 0 saturated carbocycles. The Bertz CT molecular complexity index is 343. The molecule has 5 nitrogen and oxygen atoms in total. The molecule has 0 saturated heterocycles. The highest BCUT2D eigenvalue weighted by Gasteiger charge is 2.11. The van der Waals surface area contributed by atoms with Gasteiger partial charge in [0.25, 0.3) is 5.88 Å². The first-order chi connectivity index (χ1) is 5.52. The van der Waals surface area contributed by atoms with Gasteiger partial charge >= 0.3 is 5.56 Å². The zero-order valence-electron chi connectivity index (χ0n) is 6.83. The van der Waals surface area contributed by atoms with Gasteiger partial charge in [-0.05, 0) is 0 Å². The maximum Gasteiger partial charge on any atom is 0.313 e. The van der Waals surface area contributed by atoms with E-state index >= 15 is 0 Å². The van der Waals surface area contributed by atoms with E-state index in [2.05, 4.69) is 9.97 Å². The molecule has 3 N–H and O–H groups in total. The third kappa shape index (κ3) is 1.39. The first kappa shape index (κ1) is 8.58. The van der Waals surface area contributed by atoms with Gasteiger partial charge in [-0.3, -0.25) is 9.78 Å². The number of H-pyrrole nitrogens is 1. The lowest BCUT2D eigenvalue weighted by Gasteiger charge is -2.05. The van der Waals surface area contributed by atoms with Crippen LogP contribution in [0.15, 0.2) is 4.79 Å². The summed E-state index contributed by atoms with van der Waals surface area (Å²) in [5, 5.41) is 18.1. The minimum Gasteiger partial charge on any atom is -0.493 e. The van der Waals surface area contributed by atoms with E-state index in [1.807, 2.05) is 0 Å². The number of aromatic hydroxyl groups is 2. The lowest BCUT2D eigenvalue weighted by molar-refractivity contribution is 0.405. The number of nitrogens with one attached hydrogen (secondary N) is 1. The van der Waals surface area contributed by atoms with Gasteiger partial charge in [0, 0.05) is 5.92 Å². The van der Waals surface area contributed by atoms with Crippen LogP contribution in [0.4, 0.5) is 0 Å². The average Bonchev–Trinajstić information content (AvgIpc) is 1.96. The number of aromatic nitrogens is 2. The van der Waals surface area contributed by atoms with Gasteiger partial charge in [0.05, 0.1) is 0 Å². The Balaban J connectivity index is 3.33. The highest BCUT2D eigenvalue weighted by atomic mass is 16.3. The Labute approximate surface area is 68.7 Å². The van der Waals surface area contributed by atoms with Crippen molar-refractivity contribution in [1.29, 1.82) is 0 Å². The Morgan fingerprint density at radius 1 is 1.42 bits per heavy atom. The summed E-state index contributed by atoms with van der Waals surface area (Å²) in [6, 6.07) is 0. The van der Waals surface area contributed by atoms with Crippen molar-refractivity contribution in [2.75, 3.05) is 0 Å². The quantitative estimate of drug-likeness (QED) is 0.566. The van der Waals surface area contributed by atoms with Crippen LogP contribution in [-0.4, -0.2) is 20.2 Å². The fourth-order valence-electron chi connectivity index (χ4n) is 0.848. The van der Waals surface area contributed by atoms with Crippen molar-refractivity contribution in [1.82, 2.24) is 9.97 Å². The summed E-state index contributed by atoms with van der Waals surface area (Å²) in [4.78, 5) is 16.3. The molecule has 0 aliphatic heterocycles. The van der Waals surface area contributed by atoms with E-state index in [1.54, 1.807) is 13.8 Å². The van der Waals surface area contributed by atoms with Crippen LogP contribution in [0.25, 0.3) is 0 Å². The monoisotopic (exact) mass is 170 g/mol. The van der Waals surface area contributed by atoms with Gasteiger partial charge < -0.3 is 10.2 Å². The van der Waals surface area contributed by atoms with Crippen molar-refractivity contribution in [3.8, 4) is 11.8 Å². The van der Waals surface area contributed by atoms with Crippen molar-refractivity contribution < 1.29 is 10.2 Å². The Morgan fingerprint density at radius 3 is 2.50 bits per heavy atom. The SMILES string of the molecule is CC(C)c1nc(O)c(=O)[nH]c1O. The molecule has 0 aliphatic carbocycles. The van der Waals surface area contributed by atoms with E-state index in [4.69, 9.17) is 10.2 Å². The molecular weight excluding hydrogens is 160 g/mol. The Kier molecular flexibility index (Phi) is 2.03. The van der Waals surface area contributed by atoms with E-state index in [0.29, 0.717) is 0 Å². The van der Waals surface area contributed by atoms with Gasteiger partial charge in [0.1, 0.15) is 5.69 Å². The van der Waals surface area contributed by atoms with Crippen LogP contribution in [0.5, 0.6) is 11.8 Å². The summed E-state index contributed by atoms with van der Waals surface area (Å²) < 4.78 is 0. The first-order valence-corrected chi connectivity index (χ1v) is 3.54. The molecule has 0 aromatic carbocycles. The van der Waals surface area contributed by atoms with Gasteiger partial charge in [0.15, 0.2) is 0 Å². The molecule has 1 aromatic rings. The summed E-state index contributed by atoms with van der Waals surface area (Å²) in [6.45, 7) is 3.58. The van der Waals surface area contributed by atoms with Crippen LogP contribution in [0, 0.1) is 0 Å². The van der Waals surface area contributed by atoms with Gasteiger partial charge in [-0.25, -0.2) is 4.98 Å². The standard InChI is InChI=1S/C7H10N2O3/c1-3(2)4-5(10)9-7(12)6(11)8-4/h3H,1-2H3,(H,8,11)(H2,9,10,12). The second kappa shape index (κ2) is 2.84. The largest absolute Gasteiger partial charge is 0.493 e. The van der Waals surface area contributed by atoms with E-state index in [-0.39, 0.29) is 17.5 Å². The van der Waals surface area contributed by atoms with Gasteiger partial charge in [-0.15, -0.1) is 0 Å². The molecule has 0 spiro atoms. The Morgan fingerprint density at radius 2 is 2.00 bits per heavy atom. The molecule has 1 rings (SSSR count). The van der Waals surface area contributed by atoms with Crippen molar-refractivity contribution >= 4 is 0 Å². The zero-order valence-corrected chi connectivity index (χ0v) is 6.83. The minimum atomic E-state index is -0.781. The molecule has 0 amide bonds. The first-order valence-electron chi connectivity index (χ1n) is 3.54. The maximum absolute atomic E-state index is 10.7. The van der Waals surface area contributed by atoms with Crippen LogP contribution < -0.4 is 5.56 Å². The molecule has 0 unspecified atom stereocenters. The van der Waals surface area contributed by atoms with Crippen LogP contribution in [0.2, 0.25) is 0 Å². The normalized spacial score (nSPS) is 10.6. The number of hydrogen-bond donors (Lipinski definition) is 3. The molecule has 0 bridgehead atoms. The van der Waals surface area contributed by atoms with Crippen molar-refractivity contribution in [2.24, 2.45) is 0 Å². The van der Waals surface area contributed by atoms with Gasteiger partial charge in [0.2, 0.25) is 5.88 Å². The van der Waals surface area contributed by atoms with Crippen LogP contribution in [0.1, 0.15) is 25.5 Å². The second-order valence-electron chi connectivity index (χ2n) is 2.78. The minimum absolute atomic E-state index is 0.0484. The molecule has 0 atom stereocenters. The summed E-state index contributed by atoms with van der Waals surface area (Å²) >= 11 is 0. The summed E-state index contributed by atoms with van der Waals surface area (Å²) in [6.07, 6.45) is 0. The number of aromatic amines is 1. The third-order valence-corrected chi connectivity index (χ3v) is 1.45. The number of rotatable bonds is 1. The number of hydrogen-bond acceptors (Lipinski definition) is 4. The lowest BCUT2D eigenvalue weighted by atomic mass is 10.1. The molecule has 0 aliphatic rings. The molecule has 1 heterocycles. The van der Waals surface area contributed by atoms with Gasteiger partial charge in [-0.1, -0.05) is 13.8 Å². The van der Waals surface area contributed by atoms with Crippen molar-refractivity contribution in [2.45, 2.75) is 19.8 Å².